The van der Waals surface area contributed by atoms with Gasteiger partial charge in [0.1, 0.15) is 0 Å². The Balaban J connectivity index is 1.82. The third-order valence-electron chi connectivity index (χ3n) is 3.51. The zero-order valence-corrected chi connectivity index (χ0v) is 8.82. The summed E-state index contributed by atoms with van der Waals surface area (Å²) in [5.41, 5.74) is 0. The van der Waals surface area contributed by atoms with Gasteiger partial charge in [-0.05, 0) is 38.1 Å². The first-order valence-corrected chi connectivity index (χ1v) is 5.83. The summed E-state index contributed by atoms with van der Waals surface area (Å²) >= 11 is 0. The van der Waals surface area contributed by atoms with E-state index in [4.69, 9.17) is 9.84 Å². The van der Waals surface area contributed by atoms with E-state index in [2.05, 4.69) is 4.90 Å². The molecule has 0 radical (unpaired) electrons. The van der Waals surface area contributed by atoms with Crippen molar-refractivity contribution in [1.82, 2.24) is 4.90 Å². The van der Waals surface area contributed by atoms with E-state index >= 15 is 0 Å². The predicted octanol–water partition coefficient (Wildman–Crippen LogP) is 0.870. The Morgan fingerprint density at radius 3 is 2.93 bits per heavy atom. The van der Waals surface area contributed by atoms with Crippen LogP contribution in [-0.4, -0.2) is 49.0 Å². The van der Waals surface area contributed by atoms with Crippen LogP contribution in [-0.2, 0) is 4.74 Å². The number of hydrogen-bond donors (Lipinski definition) is 1. The Morgan fingerprint density at radius 1 is 1.21 bits per heavy atom. The molecule has 2 unspecified atom stereocenters. The van der Waals surface area contributed by atoms with E-state index in [0.717, 1.165) is 19.8 Å². The van der Waals surface area contributed by atoms with Gasteiger partial charge in [0.2, 0.25) is 0 Å². The van der Waals surface area contributed by atoms with E-state index in [1.807, 2.05) is 0 Å². The number of aliphatic hydroxyl groups excluding tert-OH is 1. The molecule has 1 N–H and O–H groups in total. The molecular weight excluding hydrogens is 178 g/mol. The van der Waals surface area contributed by atoms with Crippen LogP contribution in [0.3, 0.4) is 0 Å². The molecule has 0 spiro atoms. The highest BCUT2D eigenvalue weighted by Crippen LogP contribution is 2.23. The second-order valence-electron chi connectivity index (χ2n) is 4.53. The first kappa shape index (κ1) is 10.4. The van der Waals surface area contributed by atoms with Gasteiger partial charge in [-0.15, -0.1) is 0 Å². The highest BCUT2D eigenvalue weighted by molar-refractivity contribution is 4.81. The van der Waals surface area contributed by atoms with E-state index in [1.165, 1.54) is 32.2 Å². The van der Waals surface area contributed by atoms with Crippen LogP contribution in [0.4, 0.5) is 0 Å². The predicted molar refractivity (Wildman–Crippen MR) is 55.2 cm³/mol. The van der Waals surface area contributed by atoms with Crippen molar-refractivity contribution < 1.29 is 9.84 Å². The number of hydrogen-bond acceptors (Lipinski definition) is 3. The minimum atomic E-state index is 0.361. The SMILES string of the molecule is OCC1CCN(C2CCCOCC2)C1. The van der Waals surface area contributed by atoms with Gasteiger partial charge in [0, 0.05) is 32.4 Å². The molecule has 3 nitrogen and oxygen atoms in total. The second-order valence-corrected chi connectivity index (χ2v) is 4.53. The normalized spacial score (nSPS) is 35.8. The summed E-state index contributed by atoms with van der Waals surface area (Å²) in [6.45, 7) is 4.50. The minimum Gasteiger partial charge on any atom is -0.396 e. The maximum Gasteiger partial charge on any atom is 0.0480 e. The Labute approximate surface area is 86.0 Å². The van der Waals surface area contributed by atoms with Crippen LogP contribution in [0.5, 0.6) is 0 Å². The van der Waals surface area contributed by atoms with Crippen molar-refractivity contribution in [2.24, 2.45) is 5.92 Å². The van der Waals surface area contributed by atoms with Crippen molar-refractivity contribution in [3.8, 4) is 0 Å². The molecule has 2 heterocycles. The Morgan fingerprint density at radius 2 is 2.14 bits per heavy atom. The lowest BCUT2D eigenvalue weighted by atomic mass is 10.1. The fraction of sp³-hybridized carbons (Fsp3) is 1.00. The largest absolute Gasteiger partial charge is 0.396 e. The molecule has 0 bridgehead atoms. The third-order valence-corrected chi connectivity index (χ3v) is 3.51. The molecule has 0 saturated carbocycles. The van der Waals surface area contributed by atoms with E-state index < -0.39 is 0 Å². The molecule has 14 heavy (non-hydrogen) atoms. The molecule has 2 aliphatic rings. The van der Waals surface area contributed by atoms with Crippen LogP contribution >= 0.6 is 0 Å². The highest BCUT2D eigenvalue weighted by Gasteiger charge is 2.27. The van der Waals surface area contributed by atoms with E-state index in [0.29, 0.717) is 18.6 Å². The van der Waals surface area contributed by atoms with Crippen molar-refractivity contribution in [1.29, 1.82) is 0 Å². The quantitative estimate of drug-likeness (QED) is 0.716. The zero-order chi connectivity index (χ0) is 9.80. The molecule has 2 fully saturated rings. The molecule has 0 aromatic rings. The second kappa shape index (κ2) is 5.10. The summed E-state index contributed by atoms with van der Waals surface area (Å²) in [5.74, 6) is 0.527. The Kier molecular flexibility index (Phi) is 3.79. The van der Waals surface area contributed by atoms with Gasteiger partial charge in [0.15, 0.2) is 0 Å². The summed E-state index contributed by atoms with van der Waals surface area (Å²) in [6.07, 6.45) is 4.83. The van der Waals surface area contributed by atoms with Crippen LogP contribution in [0.2, 0.25) is 0 Å². The fourth-order valence-corrected chi connectivity index (χ4v) is 2.60. The molecule has 82 valence electrons. The zero-order valence-electron chi connectivity index (χ0n) is 8.82. The highest BCUT2D eigenvalue weighted by atomic mass is 16.5. The molecule has 3 heteroatoms. The molecule has 0 aliphatic carbocycles. The number of aliphatic hydroxyl groups is 1. The average molecular weight is 199 g/mol. The van der Waals surface area contributed by atoms with Crippen molar-refractivity contribution >= 4 is 0 Å². The Bertz CT molecular complexity index is 167. The van der Waals surface area contributed by atoms with Gasteiger partial charge >= 0.3 is 0 Å². The van der Waals surface area contributed by atoms with Gasteiger partial charge in [-0.1, -0.05) is 0 Å². The molecule has 2 aliphatic heterocycles. The molecule has 2 atom stereocenters. The number of likely N-dealkylation sites (tertiary alicyclic amines) is 1. The smallest absolute Gasteiger partial charge is 0.0480 e. The van der Waals surface area contributed by atoms with Crippen molar-refractivity contribution in [3.05, 3.63) is 0 Å². The maximum atomic E-state index is 9.09. The standard InChI is InChI=1S/C11H21NO2/c13-9-10-3-5-12(8-10)11-2-1-6-14-7-4-11/h10-11,13H,1-9H2. The van der Waals surface area contributed by atoms with Gasteiger partial charge in [-0.25, -0.2) is 0 Å². The van der Waals surface area contributed by atoms with Crippen LogP contribution < -0.4 is 0 Å². The monoisotopic (exact) mass is 199 g/mol. The van der Waals surface area contributed by atoms with Gasteiger partial charge in [-0.2, -0.15) is 0 Å². The maximum absolute atomic E-state index is 9.09. The van der Waals surface area contributed by atoms with Crippen molar-refractivity contribution in [3.63, 3.8) is 0 Å². The molecule has 0 aromatic carbocycles. The lowest BCUT2D eigenvalue weighted by Gasteiger charge is -2.26. The van der Waals surface area contributed by atoms with Crippen molar-refractivity contribution in [2.75, 3.05) is 32.9 Å². The lowest BCUT2D eigenvalue weighted by Crippen LogP contribution is -2.33. The van der Waals surface area contributed by atoms with Gasteiger partial charge in [0.05, 0.1) is 0 Å². The van der Waals surface area contributed by atoms with Gasteiger partial charge in [-0.3, -0.25) is 4.90 Å². The van der Waals surface area contributed by atoms with Gasteiger partial charge < -0.3 is 9.84 Å². The summed E-state index contributed by atoms with van der Waals surface area (Å²) in [5, 5.41) is 9.09. The van der Waals surface area contributed by atoms with E-state index in [9.17, 15) is 0 Å². The molecular formula is C11H21NO2. The first-order chi connectivity index (χ1) is 6.90. The summed E-state index contributed by atoms with van der Waals surface area (Å²) in [4.78, 5) is 2.55. The summed E-state index contributed by atoms with van der Waals surface area (Å²) in [7, 11) is 0. The Hall–Kier alpha value is -0.120. The topological polar surface area (TPSA) is 32.7 Å². The molecule has 0 amide bonds. The third kappa shape index (κ3) is 2.47. The number of rotatable bonds is 2. The van der Waals surface area contributed by atoms with Crippen LogP contribution in [0.15, 0.2) is 0 Å². The van der Waals surface area contributed by atoms with Crippen molar-refractivity contribution in [2.45, 2.75) is 31.7 Å². The fourth-order valence-electron chi connectivity index (χ4n) is 2.60. The minimum absolute atomic E-state index is 0.361. The first-order valence-electron chi connectivity index (χ1n) is 5.83. The average Bonchev–Trinajstić information content (AvgIpc) is 2.53. The van der Waals surface area contributed by atoms with E-state index in [-0.39, 0.29) is 0 Å². The lowest BCUT2D eigenvalue weighted by molar-refractivity contribution is 0.132. The number of nitrogens with zero attached hydrogens (tertiary/aromatic N) is 1. The van der Waals surface area contributed by atoms with E-state index in [1.54, 1.807) is 0 Å². The molecule has 2 rings (SSSR count). The summed E-state index contributed by atoms with van der Waals surface area (Å²) < 4.78 is 5.46. The van der Waals surface area contributed by atoms with Gasteiger partial charge in [0.25, 0.3) is 0 Å². The van der Waals surface area contributed by atoms with Crippen LogP contribution in [0, 0.1) is 5.92 Å². The molecule has 0 aromatic heterocycles. The van der Waals surface area contributed by atoms with Crippen LogP contribution in [0.25, 0.3) is 0 Å². The summed E-state index contributed by atoms with van der Waals surface area (Å²) in [6, 6.07) is 0.717. The number of ether oxygens (including phenoxy) is 1. The van der Waals surface area contributed by atoms with Crippen LogP contribution in [0.1, 0.15) is 25.7 Å². The molecule has 2 saturated heterocycles.